The number of fused-ring (bicyclic) bond motifs is 3. The fourth-order valence-electron chi connectivity index (χ4n) is 6.57. The molecule has 0 amide bonds. The lowest BCUT2D eigenvalue weighted by atomic mass is 9.99. The average Bonchev–Trinajstić information content (AvgIpc) is 3.90. The van der Waals surface area contributed by atoms with Crippen LogP contribution in [0.15, 0.2) is 48.5 Å². The fraction of sp³-hybridized carbons (Fsp3) is 0.158. The van der Waals surface area contributed by atoms with Gasteiger partial charge in [-0.05, 0) is 101 Å². The van der Waals surface area contributed by atoms with Gasteiger partial charge >= 0.3 is 0 Å². The van der Waals surface area contributed by atoms with E-state index in [1.54, 1.807) is 22.7 Å². The molecule has 49 heavy (non-hydrogen) atoms. The largest absolute Gasteiger partial charge is 0.172 e. The fourth-order valence-corrected chi connectivity index (χ4v) is 14.6. The summed E-state index contributed by atoms with van der Waals surface area (Å²) in [6, 6.07) is 18.3. The summed E-state index contributed by atoms with van der Waals surface area (Å²) in [6.45, 7) is 13.1. The summed E-state index contributed by atoms with van der Waals surface area (Å²) in [4.78, 5) is 12.5. The van der Waals surface area contributed by atoms with Gasteiger partial charge in [0.15, 0.2) is 0 Å². The number of aromatic nitrogens is 2. The molecule has 9 rings (SSSR count). The molecule has 0 aliphatic carbocycles. The van der Waals surface area contributed by atoms with E-state index >= 15 is 0 Å². The summed E-state index contributed by atoms with van der Waals surface area (Å²) < 4.78 is 12.3. The van der Waals surface area contributed by atoms with Crippen molar-refractivity contribution >= 4 is 134 Å². The summed E-state index contributed by atoms with van der Waals surface area (Å²) in [7, 11) is 0. The quantitative estimate of drug-likeness (QED) is 0.173. The third-order valence-corrected chi connectivity index (χ3v) is 17.2. The zero-order chi connectivity index (χ0) is 33.9. The third kappa shape index (κ3) is 5.15. The minimum absolute atomic E-state index is 0.533. The van der Waals surface area contributed by atoms with Crippen molar-refractivity contribution < 1.29 is 0 Å². The second-order valence-corrected chi connectivity index (χ2v) is 20.8. The molecule has 0 atom stereocenters. The lowest BCUT2D eigenvalue weighted by Crippen LogP contribution is -1.87. The number of hydrogen-bond acceptors (Lipinski definition) is 9. The van der Waals surface area contributed by atoms with Gasteiger partial charge in [-0.15, -0.1) is 68.0 Å². The van der Waals surface area contributed by atoms with Gasteiger partial charge in [-0.3, -0.25) is 0 Å². The first-order valence-corrected chi connectivity index (χ1v) is 21.9. The van der Waals surface area contributed by atoms with E-state index in [-0.39, 0.29) is 0 Å². The Labute approximate surface area is 322 Å². The number of benzene rings is 2. The van der Waals surface area contributed by atoms with Gasteiger partial charge in [-0.2, -0.15) is 8.75 Å². The van der Waals surface area contributed by atoms with Crippen LogP contribution in [0.25, 0.3) is 82.7 Å². The van der Waals surface area contributed by atoms with E-state index in [9.17, 15) is 0 Å². The third-order valence-electron chi connectivity index (χ3n) is 8.95. The topological polar surface area (TPSA) is 25.8 Å². The van der Waals surface area contributed by atoms with Gasteiger partial charge in [0.1, 0.15) is 11.0 Å². The number of hydrogen-bond donors (Lipinski definition) is 0. The summed E-state index contributed by atoms with van der Waals surface area (Å²) in [6.07, 6.45) is 0. The molecule has 2 aromatic carbocycles. The van der Waals surface area contributed by atoms with Crippen LogP contribution in [0.1, 0.15) is 30.6 Å². The van der Waals surface area contributed by atoms with Gasteiger partial charge in [-0.1, -0.05) is 23.2 Å². The Kier molecular flexibility index (Phi) is 8.00. The zero-order valence-corrected chi connectivity index (χ0v) is 34.4. The Hall–Kier alpha value is -2.44. The Morgan fingerprint density at radius 3 is 1.57 bits per heavy atom. The predicted octanol–water partition coefficient (Wildman–Crippen LogP) is 15.9. The van der Waals surface area contributed by atoms with Gasteiger partial charge in [0, 0.05) is 91.2 Å². The van der Waals surface area contributed by atoms with Gasteiger partial charge in [0.2, 0.25) is 0 Å². The number of halogens is 2. The van der Waals surface area contributed by atoms with E-state index in [1.807, 2.05) is 45.3 Å². The Balaban J connectivity index is 1.28. The molecule has 0 saturated carbocycles. The standard InChI is InChI=1S/C38H26Cl2N2S7/c1-15-11-25(46-20(15)6)30-32(39)33(40)31(35-34(30)41-49-42-35)26-12-16(2)36(47-26)27-14-22-29(24-10-8-18(4)44-24)37-21(13-19(5)45-37)28(38(22)48-27)23-9-7-17(3)43-23/h7-14H,1-6H3. The maximum atomic E-state index is 7.20. The molecule has 0 aliphatic rings. The first-order valence-electron chi connectivity index (χ1n) is 15.5. The zero-order valence-electron chi connectivity index (χ0n) is 27.1. The molecule has 0 aliphatic heterocycles. The second-order valence-electron chi connectivity index (χ2n) is 12.3. The number of thiophene rings is 6. The molecular weight excluding hydrogens is 780 g/mol. The average molecular weight is 806 g/mol. The molecule has 0 spiro atoms. The van der Waals surface area contributed by atoms with Crippen LogP contribution in [0, 0.1) is 41.5 Å². The van der Waals surface area contributed by atoms with E-state index in [2.05, 4.69) is 90.1 Å². The summed E-state index contributed by atoms with van der Waals surface area (Å²) >= 11 is 26.6. The van der Waals surface area contributed by atoms with Crippen LogP contribution >= 0.6 is 103 Å². The van der Waals surface area contributed by atoms with Crippen LogP contribution in [0.2, 0.25) is 10.0 Å². The van der Waals surface area contributed by atoms with Crippen molar-refractivity contribution in [3.05, 3.63) is 89.2 Å². The van der Waals surface area contributed by atoms with Gasteiger partial charge in [0.25, 0.3) is 0 Å². The van der Waals surface area contributed by atoms with E-state index in [0.29, 0.717) is 10.0 Å². The highest BCUT2D eigenvalue weighted by atomic mass is 35.5. The molecule has 0 N–H and O–H groups in total. The molecule has 7 heterocycles. The minimum Gasteiger partial charge on any atom is -0.172 e. The first-order chi connectivity index (χ1) is 23.6. The molecule has 0 radical (unpaired) electrons. The number of rotatable bonds is 5. The molecule has 0 unspecified atom stereocenters. The monoisotopic (exact) mass is 804 g/mol. The number of nitrogens with zero attached hydrogens (tertiary/aromatic N) is 2. The summed E-state index contributed by atoms with van der Waals surface area (Å²) in [5.74, 6) is 0. The first kappa shape index (κ1) is 32.5. The maximum absolute atomic E-state index is 7.20. The molecule has 0 bridgehead atoms. The van der Waals surface area contributed by atoms with Crippen molar-refractivity contribution in [3.63, 3.8) is 0 Å². The van der Waals surface area contributed by atoms with Gasteiger partial charge in [-0.25, -0.2) is 0 Å². The highest BCUT2D eigenvalue weighted by Crippen LogP contribution is 2.55. The summed E-state index contributed by atoms with van der Waals surface area (Å²) in [5, 5.41) is 3.75. The predicted molar refractivity (Wildman–Crippen MR) is 225 cm³/mol. The van der Waals surface area contributed by atoms with Crippen LogP contribution in [-0.2, 0) is 0 Å². The molecule has 11 heteroatoms. The lowest BCUT2D eigenvalue weighted by molar-refractivity contribution is 1.44. The smallest absolute Gasteiger partial charge is 0.115 e. The van der Waals surface area contributed by atoms with E-state index in [1.165, 1.54) is 93.2 Å². The summed E-state index contributed by atoms with van der Waals surface area (Å²) in [5.41, 5.74) is 8.52. The lowest BCUT2D eigenvalue weighted by Gasteiger charge is -2.10. The molecule has 0 fully saturated rings. The van der Waals surface area contributed by atoms with Crippen LogP contribution in [0.5, 0.6) is 0 Å². The van der Waals surface area contributed by atoms with Crippen LogP contribution < -0.4 is 0 Å². The highest BCUT2D eigenvalue weighted by Gasteiger charge is 2.27. The maximum Gasteiger partial charge on any atom is 0.115 e. The minimum atomic E-state index is 0.533. The van der Waals surface area contributed by atoms with Crippen LogP contribution in [0.3, 0.4) is 0 Å². The van der Waals surface area contributed by atoms with Crippen LogP contribution in [0.4, 0.5) is 0 Å². The van der Waals surface area contributed by atoms with E-state index < -0.39 is 0 Å². The van der Waals surface area contributed by atoms with Crippen molar-refractivity contribution in [2.75, 3.05) is 0 Å². The van der Waals surface area contributed by atoms with E-state index in [0.717, 1.165) is 31.9 Å². The molecule has 2 nitrogen and oxygen atoms in total. The Morgan fingerprint density at radius 1 is 0.469 bits per heavy atom. The molecular formula is C38H26Cl2N2S7. The Morgan fingerprint density at radius 2 is 1.02 bits per heavy atom. The van der Waals surface area contributed by atoms with Crippen LogP contribution in [-0.4, -0.2) is 8.75 Å². The molecule has 244 valence electrons. The van der Waals surface area contributed by atoms with Crippen molar-refractivity contribution in [1.29, 1.82) is 0 Å². The van der Waals surface area contributed by atoms with E-state index in [4.69, 9.17) is 31.9 Å². The van der Waals surface area contributed by atoms with Crippen molar-refractivity contribution in [2.45, 2.75) is 41.5 Å². The van der Waals surface area contributed by atoms with Crippen molar-refractivity contribution in [1.82, 2.24) is 8.75 Å². The SMILES string of the molecule is Cc1ccc(-c2c3cc(-c4sc(-c5c(Cl)c(Cl)c(-c6cc(C)c(C)s6)c6nsnc56)cc4C)sc3c(-c3ccc(C)s3)c3cc(C)sc23)s1. The normalized spacial score (nSPS) is 12.1. The Bertz CT molecular complexity index is 2660. The van der Waals surface area contributed by atoms with Crippen molar-refractivity contribution in [2.24, 2.45) is 0 Å². The highest BCUT2D eigenvalue weighted by molar-refractivity contribution is 7.28. The number of aryl methyl sites for hydroxylation is 6. The van der Waals surface area contributed by atoms with Crippen molar-refractivity contribution in [3.8, 4) is 51.5 Å². The second kappa shape index (κ2) is 12.1. The van der Waals surface area contributed by atoms with Gasteiger partial charge < -0.3 is 0 Å². The molecule has 7 aromatic heterocycles. The molecule has 9 aromatic rings. The van der Waals surface area contributed by atoms with Gasteiger partial charge in [0.05, 0.1) is 21.8 Å². The molecule has 0 saturated heterocycles.